The minimum absolute atomic E-state index is 0.0541. The third kappa shape index (κ3) is 3.98. The number of aryl methyl sites for hydroxylation is 1. The van der Waals surface area contributed by atoms with Crippen molar-refractivity contribution in [1.82, 2.24) is 9.55 Å². The number of nitrogens with zero attached hydrogens (tertiary/aromatic N) is 3. The largest absolute Gasteiger partial charge is 0.354 e. The summed E-state index contributed by atoms with van der Waals surface area (Å²) in [4.78, 5) is 21.0. The van der Waals surface area contributed by atoms with Crippen LogP contribution in [-0.4, -0.2) is 16.6 Å². The van der Waals surface area contributed by atoms with Gasteiger partial charge in [0.1, 0.15) is 9.56 Å². The molecule has 166 valence electrons. The van der Waals surface area contributed by atoms with Crippen molar-refractivity contribution in [2.45, 2.75) is 25.3 Å². The van der Waals surface area contributed by atoms with Crippen molar-refractivity contribution < 1.29 is 0 Å². The van der Waals surface area contributed by atoms with Gasteiger partial charge in [0, 0.05) is 35.9 Å². The Hall–Kier alpha value is -3.29. The quantitative estimate of drug-likeness (QED) is 0.474. The lowest BCUT2D eigenvalue weighted by Crippen LogP contribution is -2.33. The molecule has 0 unspecified atom stereocenters. The standard InChI is InChI=1S/C26H24N4OS2/c1-4-30-23(15-18-13-14-27-16-20(18)28-19-10-6-5-9-17(19)2)33-24(25(30)31)26-29(3)21-11-7-8-12-22(21)32-26/h5-16,28H,4H2,1-3H3/b23-15-,26-24+. The maximum atomic E-state index is 13.4. The molecule has 0 saturated carbocycles. The molecule has 0 bridgehead atoms. The van der Waals surface area contributed by atoms with Gasteiger partial charge >= 0.3 is 0 Å². The highest BCUT2D eigenvalue weighted by atomic mass is 32.2. The monoisotopic (exact) mass is 472 g/mol. The van der Waals surface area contributed by atoms with E-state index in [0.717, 1.165) is 42.4 Å². The molecule has 7 heteroatoms. The van der Waals surface area contributed by atoms with Crippen LogP contribution in [0.4, 0.5) is 17.1 Å². The van der Waals surface area contributed by atoms with Crippen molar-refractivity contribution in [3.63, 3.8) is 0 Å². The highest BCUT2D eigenvalue weighted by molar-refractivity contribution is 8.08. The van der Waals surface area contributed by atoms with Gasteiger partial charge in [0.25, 0.3) is 5.56 Å². The summed E-state index contributed by atoms with van der Waals surface area (Å²) < 4.78 is 3.55. The number of para-hydroxylation sites is 2. The third-order valence-corrected chi connectivity index (χ3v) is 8.19. The van der Waals surface area contributed by atoms with Crippen molar-refractivity contribution in [2.75, 3.05) is 17.3 Å². The first-order valence-corrected chi connectivity index (χ1v) is 12.4. The third-order valence-electron chi connectivity index (χ3n) is 5.71. The fourth-order valence-electron chi connectivity index (χ4n) is 3.90. The summed E-state index contributed by atoms with van der Waals surface area (Å²) in [6.45, 7) is 4.70. The van der Waals surface area contributed by atoms with Crippen molar-refractivity contribution in [3.05, 3.63) is 97.7 Å². The van der Waals surface area contributed by atoms with Gasteiger partial charge in [-0.1, -0.05) is 42.1 Å². The molecule has 0 fully saturated rings. The van der Waals surface area contributed by atoms with Gasteiger partial charge in [0.2, 0.25) is 0 Å². The lowest BCUT2D eigenvalue weighted by atomic mass is 10.1. The van der Waals surface area contributed by atoms with E-state index in [1.807, 2.05) is 55.1 Å². The van der Waals surface area contributed by atoms with Crippen LogP contribution in [0.3, 0.4) is 0 Å². The topological polar surface area (TPSA) is 50.2 Å². The molecule has 2 aromatic heterocycles. The Labute approximate surface area is 200 Å². The van der Waals surface area contributed by atoms with Crippen LogP contribution < -0.4 is 25.0 Å². The van der Waals surface area contributed by atoms with Crippen LogP contribution in [-0.2, 0) is 6.54 Å². The van der Waals surface area contributed by atoms with Crippen LogP contribution in [0.5, 0.6) is 0 Å². The van der Waals surface area contributed by atoms with Crippen molar-refractivity contribution in [1.29, 1.82) is 0 Å². The van der Waals surface area contributed by atoms with Crippen molar-refractivity contribution in [3.8, 4) is 0 Å². The fourth-order valence-corrected chi connectivity index (χ4v) is 6.36. The van der Waals surface area contributed by atoms with Gasteiger partial charge in [0.15, 0.2) is 0 Å². The van der Waals surface area contributed by atoms with E-state index in [1.54, 1.807) is 29.3 Å². The molecule has 2 aromatic carbocycles. The first-order chi connectivity index (χ1) is 16.1. The summed E-state index contributed by atoms with van der Waals surface area (Å²) in [5.41, 5.74) is 5.29. The fraction of sp³-hybridized carbons (Fsp3) is 0.154. The van der Waals surface area contributed by atoms with E-state index in [0.29, 0.717) is 6.54 Å². The molecule has 0 saturated heterocycles. The van der Waals surface area contributed by atoms with Crippen LogP contribution in [0, 0.1) is 6.92 Å². The first-order valence-electron chi connectivity index (χ1n) is 10.8. The molecule has 3 heterocycles. The van der Waals surface area contributed by atoms with Crippen molar-refractivity contribution >= 4 is 51.3 Å². The van der Waals surface area contributed by atoms with E-state index in [9.17, 15) is 4.79 Å². The molecule has 5 rings (SSSR count). The predicted molar refractivity (Wildman–Crippen MR) is 140 cm³/mol. The Balaban J connectivity index is 1.64. The van der Waals surface area contributed by atoms with Crippen LogP contribution in [0.1, 0.15) is 18.1 Å². The summed E-state index contributed by atoms with van der Waals surface area (Å²) >= 11 is 3.20. The summed E-state index contributed by atoms with van der Waals surface area (Å²) in [7, 11) is 2.03. The maximum Gasteiger partial charge on any atom is 0.271 e. The van der Waals surface area contributed by atoms with E-state index in [4.69, 9.17) is 0 Å². The van der Waals surface area contributed by atoms with E-state index >= 15 is 0 Å². The Morgan fingerprint density at radius 2 is 1.85 bits per heavy atom. The molecule has 4 aromatic rings. The number of fused-ring (bicyclic) bond motifs is 1. The zero-order valence-corrected chi connectivity index (χ0v) is 20.3. The van der Waals surface area contributed by atoms with Crippen LogP contribution in [0.25, 0.3) is 11.1 Å². The number of aromatic nitrogens is 2. The number of pyridine rings is 1. The summed E-state index contributed by atoms with van der Waals surface area (Å²) in [6.07, 6.45) is 5.69. The van der Waals surface area contributed by atoms with E-state index in [1.165, 1.54) is 4.90 Å². The number of rotatable bonds is 4. The van der Waals surface area contributed by atoms with Gasteiger partial charge in [-0.3, -0.25) is 14.3 Å². The molecular weight excluding hydrogens is 448 g/mol. The number of nitrogens with one attached hydrogen (secondary N) is 1. The van der Waals surface area contributed by atoms with Crippen LogP contribution >= 0.6 is 23.1 Å². The average Bonchev–Trinajstić information content (AvgIpc) is 3.32. The number of thioether (sulfide) groups is 1. The molecule has 33 heavy (non-hydrogen) atoms. The highest BCUT2D eigenvalue weighted by Gasteiger charge is 2.24. The molecule has 0 amide bonds. The first kappa shape index (κ1) is 21.6. The van der Waals surface area contributed by atoms with Gasteiger partial charge in [-0.25, -0.2) is 0 Å². The lowest BCUT2D eigenvalue weighted by Gasteiger charge is -2.11. The molecule has 5 nitrogen and oxygen atoms in total. The zero-order chi connectivity index (χ0) is 22.9. The molecule has 1 aliphatic heterocycles. The minimum atomic E-state index is 0.0541. The van der Waals surface area contributed by atoms with Gasteiger partial charge < -0.3 is 10.2 Å². The number of thiazole rings is 1. The summed E-state index contributed by atoms with van der Waals surface area (Å²) in [6, 6.07) is 18.4. The second-order valence-electron chi connectivity index (χ2n) is 7.80. The lowest BCUT2D eigenvalue weighted by molar-refractivity contribution is 0.722. The SMILES string of the molecule is CCn1c(=O)/c(=C2\Sc3ccccc3N2C)s/c1=C\c1ccncc1Nc1ccccc1C. The molecule has 0 aliphatic carbocycles. The Morgan fingerprint density at radius 1 is 1.06 bits per heavy atom. The molecule has 1 N–H and O–H groups in total. The van der Waals surface area contributed by atoms with Gasteiger partial charge in [-0.15, -0.1) is 11.3 Å². The normalized spacial score (nSPS) is 15.1. The zero-order valence-electron chi connectivity index (χ0n) is 18.7. The maximum absolute atomic E-state index is 13.4. The van der Waals surface area contributed by atoms with Gasteiger partial charge in [-0.2, -0.15) is 0 Å². The number of benzene rings is 2. The number of hydrogen-bond acceptors (Lipinski definition) is 6. The number of hydrogen-bond donors (Lipinski definition) is 1. The molecule has 0 atom stereocenters. The second-order valence-corrected chi connectivity index (χ2v) is 9.86. The Bertz CT molecular complexity index is 1520. The smallest absolute Gasteiger partial charge is 0.271 e. The Kier molecular flexibility index (Phi) is 5.83. The summed E-state index contributed by atoms with van der Waals surface area (Å²) in [5.74, 6) is 0. The van der Waals surface area contributed by atoms with Crippen LogP contribution in [0.15, 0.2) is 76.7 Å². The number of anilines is 3. The molecule has 1 aliphatic rings. The van der Waals surface area contributed by atoms with E-state index < -0.39 is 0 Å². The average molecular weight is 473 g/mol. The predicted octanol–water partition coefficient (Wildman–Crippen LogP) is 4.51. The minimum Gasteiger partial charge on any atom is -0.354 e. The van der Waals surface area contributed by atoms with Crippen molar-refractivity contribution in [2.24, 2.45) is 0 Å². The highest BCUT2D eigenvalue weighted by Crippen LogP contribution is 2.44. The molecule has 0 spiro atoms. The van der Waals surface area contributed by atoms with E-state index in [-0.39, 0.29) is 5.56 Å². The second kappa shape index (κ2) is 8.92. The van der Waals surface area contributed by atoms with Gasteiger partial charge in [-0.05, 0) is 49.8 Å². The molecule has 0 radical (unpaired) electrons. The van der Waals surface area contributed by atoms with Crippen LogP contribution in [0.2, 0.25) is 0 Å². The van der Waals surface area contributed by atoms with Gasteiger partial charge in [0.05, 0.1) is 22.2 Å². The summed E-state index contributed by atoms with van der Waals surface area (Å²) in [5, 5.41) is 4.49. The van der Waals surface area contributed by atoms with E-state index in [2.05, 4.69) is 52.5 Å². The molecular formula is C26H24N4OS2. The Morgan fingerprint density at radius 3 is 2.64 bits per heavy atom.